The third-order valence-corrected chi connectivity index (χ3v) is 3.36. The Kier molecular flexibility index (Phi) is 5.81. The van der Waals surface area contributed by atoms with Crippen molar-refractivity contribution >= 4 is 5.69 Å². The first kappa shape index (κ1) is 15.6. The maximum absolute atomic E-state index is 13.0. The normalized spacial score (nSPS) is 10.8. The minimum absolute atomic E-state index is 0.211. The highest BCUT2D eigenvalue weighted by atomic mass is 19.1. The maximum atomic E-state index is 13.0. The van der Waals surface area contributed by atoms with Gasteiger partial charge in [-0.3, -0.25) is 0 Å². The van der Waals surface area contributed by atoms with E-state index in [2.05, 4.69) is 24.1 Å². The molecule has 0 saturated heterocycles. The van der Waals surface area contributed by atoms with Gasteiger partial charge in [0.25, 0.3) is 0 Å². The summed E-state index contributed by atoms with van der Waals surface area (Å²) in [5.74, 6) is 1.67. The molecule has 0 amide bonds. The highest BCUT2D eigenvalue weighted by Gasteiger charge is 2.09. The number of anilines is 1. The molecule has 0 atom stereocenters. The van der Waals surface area contributed by atoms with E-state index in [0.29, 0.717) is 6.54 Å². The van der Waals surface area contributed by atoms with E-state index in [1.54, 1.807) is 12.1 Å². The summed E-state index contributed by atoms with van der Waals surface area (Å²) < 4.78 is 18.8. The van der Waals surface area contributed by atoms with Gasteiger partial charge in [0.15, 0.2) is 0 Å². The molecule has 1 aromatic heterocycles. The van der Waals surface area contributed by atoms with E-state index in [1.165, 1.54) is 12.1 Å². The van der Waals surface area contributed by atoms with E-state index in [1.807, 2.05) is 12.1 Å². The lowest BCUT2D eigenvalue weighted by Crippen LogP contribution is -2.21. The highest BCUT2D eigenvalue weighted by Crippen LogP contribution is 2.18. The van der Waals surface area contributed by atoms with Crippen molar-refractivity contribution in [3.05, 3.63) is 53.7 Å². The largest absolute Gasteiger partial charge is 0.463 e. The van der Waals surface area contributed by atoms with E-state index >= 15 is 0 Å². The molecule has 4 heteroatoms. The van der Waals surface area contributed by atoms with Crippen LogP contribution in [0.3, 0.4) is 0 Å². The summed E-state index contributed by atoms with van der Waals surface area (Å²) in [5.41, 5.74) is 1.00. The molecule has 0 aliphatic heterocycles. The first-order chi connectivity index (χ1) is 10.2. The van der Waals surface area contributed by atoms with E-state index < -0.39 is 0 Å². The van der Waals surface area contributed by atoms with Gasteiger partial charge in [-0.15, -0.1) is 0 Å². The predicted molar refractivity (Wildman–Crippen MR) is 83.8 cm³/mol. The van der Waals surface area contributed by atoms with Crippen LogP contribution in [-0.2, 0) is 13.1 Å². The zero-order chi connectivity index (χ0) is 15.1. The van der Waals surface area contributed by atoms with Crippen LogP contribution in [0.4, 0.5) is 10.1 Å². The molecule has 0 unspecified atom stereocenters. The number of halogens is 1. The van der Waals surface area contributed by atoms with Crippen molar-refractivity contribution < 1.29 is 8.81 Å². The Hall–Kier alpha value is -1.81. The third-order valence-electron chi connectivity index (χ3n) is 3.36. The zero-order valence-corrected chi connectivity index (χ0v) is 12.7. The molecule has 0 saturated carbocycles. The summed E-state index contributed by atoms with van der Waals surface area (Å²) in [7, 11) is 0. The maximum Gasteiger partial charge on any atom is 0.123 e. The van der Waals surface area contributed by atoms with Gasteiger partial charge in [0.1, 0.15) is 17.3 Å². The molecular weight excluding hydrogens is 267 g/mol. The Balaban J connectivity index is 1.97. The van der Waals surface area contributed by atoms with Gasteiger partial charge in [-0.1, -0.05) is 6.92 Å². The van der Waals surface area contributed by atoms with Crippen molar-refractivity contribution in [2.24, 2.45) is 0 Å². The van der Waals surface area contributed by atoms with Crippen LogP contribution < -0.4 is 10.2 Å². The summed E-state index contributed by atoms with van der Waals surface area (Å²) in [4.78, 5) is 2.15. The number of rotatable bonds is 8. The Labute approximate surface area is 125 Å². The molecule has 0 aliphatic rings. The van der Waals surface area contributed by atoms with Crippen LogP contribution >= 0.6 is 0 Å². The summed E-state index contributed by atoms with van der Waals surface area (Å²) in [6, 6.07) is 10.6. The fourth-order valence-electron chi connectivity index (χ4n) is 2.22. The molecule has 1 heterocycles. The summed E-state index contributed by atoms with van der Waals surface area (Å²) >= 11 is 0. The number of hydrogen-bond donors (Lipinski definition) is 1. The number of hydrogen-bond acceptors (Lipinski definition) is 3. The third kappa shape index (κ3) is 4.60. The minimum Gasteiger partial charge on any atom is -0.463 e. The topological polar surface area (TPSA) is 28.4 Å². The molecule has 0 spiro atoms. The quantitative estimate of drug-likeness (QED) is 0.746. The molecule has 1 aromatic carbocycles. The molecule has 114 valence electrons. The van der Waals surface area contributed by atoms with Gasteiger partial charge in [0, 0.05) is 12.2 Å². The van der Waals surface area contributed by atoms with Crippen molar-refractivity contribution in [1.82, 2.24) is 5.32 Å². The zero-order valence-electron chi connectivity index (χ0n) is 12.7. The van der Waals surface area contributed by atoms with Gasteiger partial charge in [-0.05, 0) is 56.3 Å². The standard InChI is InChI=1S/C17H23FN2O/c1-3-11-19-12-16-9-10-17(21-16)13-20(4-2)15-7-5-14(18)6-8-15/h5-10,19H,3-4,11-13H2,1-2H3. The average Bonchev–Trinajstić information content (AvgIpc) is 2.94. The van der Waals surface area contributed by atoms with Crippen LogP contribution in [0.5, 0.6) is 0 Å². The number of benzene rings is 1. The molecule has 1 N–H and O–H groups in total. The molecule has 2 rings (SSSR count). The molecule has 0 fully saturated rings. The first-order valence-electron chi connectivity index (χ1n) is 7.51. The van der Waals surface area contributed by atoms with Crippen molar-refractivity contribution in [2.75, 3.05) is 18.0 Å². The van der Waals surface area contributed by atoms with E-state index in [9.17, 15) is 4.39 Å². The first-order valence-corrected chi connectivity index (χ1v) is 7.51. The summed E-state index contributed by atoms with van der Waals surface area (Å²) in [6.07, 6.45) is 1.11. The van der Waals surface area contributed by atoms with Gasteiger partial charge in [-0.25, -0.2) is 4.39 Å². The van der Waals surface area contributed by atoms with Gasteiger partial charge < -0.3 is 14.6 Å². The van der Waals surface area contributed by atoms with Crippen molar-refractivity contribution in [3.8, 4) is 0 Å². The lowest BCUT2D eigenvalue weighted by Gasteiger charge is -2.21. The highest BCUT2D eigenvalue weighted by molar-refractivity contribution is 5.46. The second-order valence-corrected chi connectivity index (χ2v) is 5.04. The Bertz CT molecular complexity index is 536. The number of nitrogens with one attached hydrogen (secondary N) is 1. The SMILES string of the molecule is CCCNCc1ccc(CN(CC)c2ccc(F)cc2)o1. The van der Waals surface area contributed by atoms with E-state index in [4.69, 9.17) is 4.42 Å². The van der Waals surface area contributed by atoms with Gasteiger partial charge in [-0.2, -0.15) is 0 Å². The molecule has 3 nitrogen and oxygen atoms in total. The van der Waals surface area contributed by atoms with Crippen LogP contribution in [0, 0.1) is 5.82 Å². The second-order valence-electron chi connectivity index (χ2n) is 5.04. The van der Waals surface area contributed by atoms with Crippen LogP contribution in [0.15, 0.2) is 40.8 Å². The van der Waals surface area contributed by atoms with Crippen LogP contribution in [0.2, 0.25) is 0 Å². The Morgan fingerprint density at radius 3 is 2.43 bits per heavy atom. The number of furan rings is 1. The lowest BCUT2D eigenvalue weighted by atomic mass is 10.2. The van der Waals surface area contributed by atoms with Crippen molar-refractivity contribution in [1.29, 1.82) is 0 Å². The van der Waals surface area contributed by atoms with Gasteiger partial charge in [0.2, 0.25) is 0 Å². The lowest BCUT2D eigenvalue weighted by molar-refractivity contribution is 0.444. The predicted octanol–water partition coefficient (Wildman–Crippen LogP) is 3.94. The fourth-order valence-corrected chi connectivity index (χ4v) is 2.22. The van der Waals surface area contributed by atoms with Crippen LogP contribution in [-0.4, -0.2) is 13.1 Å². The Morgan fingerprint density at radius 2 is 1.76 bits per heavy atom. The molecule has 2 aromatic rings. The van der Waals surface area contributed by atoms with Crippen molar-refractivity contribution in [2.45, 2.75) is 33.4 Å². The summed E-state index contributed by atoms with van der Waals surface area (Å²) in [6.45, 7) is 7.51. The Morgan fingerprint density at radius 1 is 1.05 bits per heavy atom. The smallest absolute Gasteiger partial charge is 0.123 e. The fraction of sp³-hybridized carbons (Fsp3) is 0.412. The molecule has 0 radical (unpaired) electrons. The molecule has 0 aliphatic carbocycles. The van der Waals surface area contributed by atoms with Crippen LogP contribution in [0.25, 0.3) is 0 Å². The average molecular weight is 290 g/mol. The van der Waals surface area contributed by atoms with Gasteiger partial charge in [0.05, 0.1) is 13.1 Å². The van der Waals surface area contributed by atoms with Gasteiger partial charge >= 0.3 is 0 Å². The summed E-state index contributed by atoms with van der Waals surface area (Å²) in [5, 5.41) is 3.32. The van der Waals surface area contributed by atoms with E-state index in [-0.39, 0.29) is 5.82 Å². The second kappa shape index (κ2) is 7.84. The molecule has 0 bridgehead atoms. The van der Waals surface area contributed by atoms with E-state index in [0.717, 1.165) is 43.3 Å². The van der Waals surface area contributed by atoms with Crippen LogP contribution in [0.1, 0.15) is 31.8 Å². The molecular formula is C17H23FN2O. The number of nitrogens with zero attached hydrogens (tertiary/aromatic N) is 1. The van der Waals surface area contributed by atoms with Crippen molar-refractivity contribution in [3.63, 3.8) is 0 Å². The minimum atomic E-state index is -0.211. The molecule has 21 heavy (non-hydrogen) atoms. The monoisotopic (exact) mass is 290 g/mol.